The highest BCUT2D eigenvalue weighted by atomic mass is 16.4. The lowest BCUT2D eigenvalue weighted by Gasteiger charge is -2.06. The third kappa shape index (κ3) is 4.03. The van der Waals surface area contributed by atoms with E-state index in [1.165, 1.54) is 0 Å². The molecule has 0 amide bonds. The van der Waals surface area contributed by atoms with Crippen molar-refractivity contribution in [2.75, 3.05) is 19.0 Å². The van der Waals surface area contributed by atoms with E-state index in [9.17, 15) is 14.4 Å². The van der Waals surface area contributed by atoms with Gasteiger partial charge in [-0.1, -0.05) is 30.3 Å². The van der Waals surface area contributed by atoms with Crippen LogP contribution in [0.15, 0.2) is 46.9 Å². The van der Waals surface area contributed by atoms with Gasteiger partial charge >= 0.3 is 5.97 Å². The molecule has 2 aromatic carbocycles. The fraction of sp³-hybridized carbons (Fsp3) is 0.200. The Balaban J connectivity index is 2.06. The monoisotopic (exact) mass is 366 g/mol. The Kier molecular flexibility index (Phi) is 5.03. The lowest BCUT2D eigenvalue weighted by atomic mass is 9.98. The standard InChI is InChI=1S/C20H18N2O5/c1-22(2)20-21-15-10-13(8-12-6-4-3-5-7-12)9-14(18(15)27-20)16(23)11-17(24)19(25)26/h3-7,9-10H,8,11H2,1-2H3,(H,25,26). The highest BCUT2D eigenvalue weighted by Gasteiger charge is 2.23. The molecular weight excluding hydrogens is 348 g/mol. The van der Waals surface area contributed by atoms with E-state index in [0.717, 1.165) is 11.1 Å². The van der Waals surface area contributed by atoms with Crippen LogP contribution < -0.4 is 4.90 Å². The number of benzene rings is 2. The lowest BCUT2D eigenvalue weighted by molar-refractivity contribution is -0.148. The fourth-order valence-electron chi connectivity index (χ4n) is 2.73. The minimum absolute atomic E-state index is 0.161. The molecule has 0 saturated heterocycles. The molecule has 0 fully saturated rings. The van der Waals surface area contributed by atoms with E-state index in [-0.39, 0.29) is 11.1 Å². The minimum Gasteiger partial charge on any atom is -0.475 e. The number of carbonyl (C=O) groups excluding carboxylic acids is 2. The molecule has 1 N–H and O–H groups in total. The Morgan fingerprint density at radius 2 is 1.78 bits per heavy atom. The van der Waals surface area contributed by atoms with E-state index in [0.29, 0.717) is 18.0 Å². The Hall–Kier alpha value is -3.48. The van der Waals surface area contributed by atoms with Crippen molar-refractivity contribution in [3.8, 4) is 0 Å². The van der Waals surface area contributed by atoms with Crippen LogP contribution in [0.5, 0.6) is 0 Å². The van der Waals surface area contributed by atoms with Crippen LogP contribution >= 0.6 is 0 Å². The molecule has 0 saturated carbocycles. The third-order valence-corrected chi connectivity index (χ3v) is 4.03. The molecule has 7 nitrogen and oxygen atoms in total. The summed E-state index contributed by atoms with van der Waals surface area (Å²) in [5.74, 6) is -3.40. The van der Waals surface area contributed by atoms with Gasteiger partial charge in [0.15, 0.2) is 11.4 Å². The molecule has 3 rings (SSSR count). The fourth-order valence-corrected chi connectivity index (χ4v) is 2.73. The maximum absolute atomic E-state index is 12.6. The van der Waals surface area contributed by atoms with Crippen molar-refractivity contribution in [2.45, 2.75) is 12.8 Å². The second-order valence-electron chi connectivity index (χ2n) is 6.37. The SMILES string of the molecule is CN(C)c1nc2cc(Cc3ccccc3)cc(C(=O)CC(=O)C(=O)O)c2o1. The van der Waals surface area contributed by atoms with Crippen molar-refractivity contribution in [3.63, 3.8) is 0 Å². The van der Waals surface area contributed by atoms with E-state index >= 15 is 0 Å². The minimum atomic E-state index is -1.63. The Morgan fingerprint density at radius 1 is 1.07 bits per heavy atom. The highest BCUT2D eigenvalue weighted by Crippen LogP contribution is 2.28. The summed E-state index contributed by atoms with van der Waals surface area (Å²) in [7, 11) is 3.51. The molecule has 0 atom stereocenters. The number of ketones is 2. The van der Waals surface area contributed by atoms with Crippen molar-refractivity contribution in [3.05, 3.63) is 59.2 Å². The molecule has 1 heterocycles. The van der Waals surface area contributed by atoms with Crippen LogP contribution in [-0.2, 0) is 16.0 Å². The predicted octanol–water partition coefficient (Wildman–Crippen LogP) is 2.71. The summed E-state index contributed by atoms with van der Waals surface area (Å²) in [6.07, 6.45) is -0.161. The summed E-state index contributed by atoms with van der Waals surface area (Å²) < 4.78 is 5.66. The molecule has 7 heteroatoms. The number of nitrogens with zero attached hydrogens (tertiary/aromatic N) is 2. The summed E-state index contributed by atoms with van der Waals surface area (Å²) in [5, 5.41) is 8.77. The first-order valence-corrected chi connectivity index (χ1v) is 8.29. The molecule has 0 radical (unpaired) electrons. The molecule has 0 aliphatic rings. The van der Waals surface area contributed by atoms with E-state index in [1.54, 1.807) is 25.1 Å². The molecule has 1 aromatic heterocycles. The average Bonchev–Trinajstić information content (AvgIpc) is 3.06. The normalized spacial score (nSPS) is 10.7. The van der Waals surface area contributed by atoms with Gasteiger partial charge in [-0.3, -0.25) is 9.59 Å². The average molecular weight is 366 g/mol. The van der Waals surface area contributed by atoms with Crippen LogP contribution in [-0.4, -0.2) is 41.7 Å². The zero-order valence-electron chi connectivity index (χ0n) is 14.9. The lowest BCUT2D eigenvalue weighted by Crippen LogP contribution is -2.17. The number of hydrogen-bond donors (Lipinski definition) is 1. The smallest absolute Gasteiger partial charge is 0.372 e. The first kappa shape index (κ1) is 18.3. The second-order valence-corrected chi connectivity index (χ2v) is 6.37. The van der Waals surface area contributed by atoms with Gasteiger partial charge in [0.25, 0.3) is 6.01 Å². The number of anilines is 1. The summed E-state index contributed by atoms with van der Waals surface area (Å²) >= 11 is 0. The number of aromatic nitrogens is 1. The van der Waals surface area contributed by atoms with Crippen molar-refractivity contribution < 1.29 is 23.9 Å². The summed E-state index contributed by atoms with van der Waals surface area (Å²) in [6.45, 7) is 0. The number of oxazole rings is 1. The summed E-state index contributed by atoms with van der Waals surface area (Å²) in [6, 6.07) is 13.5. The number of rotatable bonds is 7. The van der Waals surface area contributed by atoms with Gasteiger partial charge in [-0.15, -0.1) is 0 Å². The van der Waals surface area contributed by atoms with Crippen LogP contribution in [0.25, 0.3) is 11.1 Å². The van der Waals surface area contributed by atoms with Crippen molar-refractivity contribution in [1.29, 1.82) is 0 Å². The van der Waals surface area contributed by atoms with Crippen LogP contribution in [0, 0.1) is 0 Å². The number of fused-ring (bicyclic) bond motifs is 1. The number of carboxylic acid groups (broad SMARTS) is 1. The van der Waals surface area contributed by atoms with Gasteiger partial charge in [0.2, 0.25) is 5.78 Å². The Morgan fingerprint density at radius 3 is 2.41 bits per heavy atom. The van der Waals surface area contributed by atoms with Gasteiger partial charge in [-0.05, 0) is 29.7 Å². The zero-order valence-corrected chi connectivity index (χ0v) is 14.9. The number of Topliss-reactive ketones (excluding diaryl/α,β-unsaturated/α-hetero) is 2. The van der Waals surface area contributed by atoms with Crippen LogP contribution in [0.2, 0.25) is 0 Å². The number of hydrogen-bond acceptors (Lipinski definition) is 6. The molecule has 3 aromatic rings. The van der Waals surface area contributed by atoms with Crippen LogP contribution in [0.1, 0.15) is 27.9 Å². The topological polar surface area (TPSA) is 101 Å². The van der Waals surface area contributed by atoms with Gasteiger partial charge in [0.1, 0.15) is 5.52 Å². The van der Waals surface area contributed by atoms with Crippen molar-refractivity contribution in [2.24, 2.45) is 0 Å². The van der Waals surface area contributed by atoms with E-state index in [1.807, 2.05) is 36.4 Å². The molecule has 0 aliphatic carbocycles. The maximum Gasteiger partial charge on any atom is 0.372 e. The molecule has 0 bridgehead atoms. The Bertz CT molecular complexity index is 1020. The van der Waals surface area contributed by atoms with Gasteiger partial charge in [-0.25, -0.2) is 4.79 Å². The van der Waals surface area contributed by atoms with Crippen molar-refractivity contribution in [1.82, 2.24) is 4.98 Å². The molecule has 0 spiro atoms. The first-order valence-electron chi connectivity index (χ1n) is 8.29. The predicted molar refractivity (Wildman–Crippen MR) is 99.2 cm³/mol. The first-order chi connectivity index (χ1) is 12.8. The third-order valence-electron chi connectivity index (χ3n) is 4.03. The molecule has 138 valence electrons. The van der Waals surface area contributed by atoms with Gasteiger partial charge < -0.3 is 14.4 Å². The van der Waals surface area contributed by atoms with E-state index < -0.39 is 24.0 Å². The largest absolute Gasteiger partial charge is 0.475 e. The van der Waals surface area contributed by atoms with Crippen LogP contribution in [0.4, 0.5) is 6.01 Å². The molecule has 0 aliphatic heterocycles. The molecule has 0 unspecified atom stereocenters. The Labute approximate surface area is 155 Å². The summed E-state index contributed by atoms with van der Waals surface area (Å²) in [5.41, 5.74) is 2.76. The van der Waals surface area contributed by atoms with Gasteiger partial charge in [-0.2, -0.15) is 4.98 Å². The highest BCUT2D eigenvalue weighted by molar-refractivity contribution is 6.37. The van der Waals surface area contributed by atoms with E-state index in [2.05, 4.69) is 4.98 Å². The van der Waals surface area contributed by atoms with E-state index in [4.69, 9.17) is 9.52 Å². The number of carbonyl (C=O) groups is 3. The molecular formula is C20H18N2O5. The zero-order chi connectivity index (χ0) is 19.6. The number of carboxylic acids is 1. The van der Waals surface area contributed by atoms with Crippen molar-refractivity contribution >= 4 is 34.7 Å². The van der Waals surface area contributed by atoms with Crippen LogP contribution in [0.3, 0.4) is 0 Å². The van der Waals surface area contributed by atoms with Gasteiger partial charge in [0.05, 0.1) is 12.0 Å². The maximum atomic E-state index is 12.6. The summed E-state index contributed by atoms with van der Waals surface area (Å²) in [4.78, 5) is 40.9. The van der Waals surface area contributed by atoms with Gasteiger partial charge in [0, 0.05) is 14.1 Å². The second kappa shape index (κ2) is 7.41. The molecule has 27 heavy (non-hydrogen) atoms. The quantitative estimate of drug-likeness (QED) is 0.390. The number of aliphatic carboxylic acids is 1.